The highest BCUT2D eigenvalue weighted by molar-refractivity contribution is 5.55. The maximum absolute atomic E-state index is 13.7. The van der Waals surface area contributed by atoms with Gasteiger partial charge in [-0.15, -0.1) is 13.2 Å². The van der Waals surface area contributed by atoms with Gasteiger partial charge in [-0.1, -0.05) is 69.7 Å². The molecule has 0 N–H and O–H groups in total. The Bertz CT molecular complexity index is 1270. The van der Waals surface area contributed by atoms with Gasteiger partial charge in [0.15, 0.2) is 11.6 Å². The lowest BCUT2D eigenvalue weighted by molar-refractivity contribution is -0.564. The Kier molecular flexibility index (Phi) is 16.0. The molecule has 0 fully saturated rings. The predicted octanol–water partition coefficient (Wildman–Crippen LogP) is 10.1. The summed E-state index contributed by atoms with van der Waals surface area (Å²) in [5.74, 6) is 1.08. The van der Waals surface area contributed by atoms with Crippen LogP contribution in [0.5, 0.6) is 5.75 Å². The van der Waals surface area contributed by atoms with E-state index in [4.69, 9.17) is 4.74 Å². The van der Waals surface area contributed by atoms with E-state index in [0.717, 1.165) is 30.4 Å². The van der Waals surface area contributed by atoms with Crippen molar-refractivity contribution < 1.29 is 80.8 Å². The van der Waals surface area contributed by atoms with Gasteiger partial charge in [-0.2, -0.15) is 43.9 Å². The van der Waals surface area contributed by atoms with Gasteiger partial charge in [-0.3, -0.25) is 0 Å². The van der Waals surface area contributed by atoms with Crippen molar-refractivity contribution in [3.8, 4) is 17.1 Å². The SMILES string of the molecule is CCCCCCCOc1cnc(-c2ccc(CCCCCCOCC(F)(F)OC(F)(F)C(F)(F)OC(F)(F)C(F)(F)OC(F)(F)F)cc2)nc1. The van der Waals surface area contributed by atoms with Crippen molar-refractivity contribution >= 4 is 0 Å². The van der Waals surface area contributed by atoms with Crippen LogP contribution in [0, 0.1) is 0 Å². The van der Waals surface area contributed by atoms with E-state index in [0.29, 0.717) is 43.9 Å². The Hall–Kier alpha value is -2.97. The summed E-state index contributed by atoms with van der Waals surface area (Å²) in [6.07, 6.45) is -28.5. The first-order valence-corrected chi connectivity index (χ1v) is 15.3. The molecule has 0 amide bonds. The molecule has 0 aliphatic rings. The average Bonchev–Trinajstić information content (AvgIpc) is 2.98. The first-order valence-electron chi connectivity index (χ1n) is 15.3. The van der Waals surface area contributed by atoms with Crippen molar-refractivity contribution in [2.75, 3.05) is 19.8 Å². The van der Waals surface area contributed by atoms with Crippen LogP contribution < -0.4 is 4.74 Å². The van der Waals surface area contributed by atoms with Gasteiger partial charge < -0.3 is 9.47 Å². The van der Waals surface area contributed by atoms with Gasteiger partial charge in [0.2, 0.25) is 0 Å². The molecule has 0 saturated heterocycles. The summed E-state index contributed by atoms with van der Waals surface area (Å²) in [5, 5.41) is 0. The average molecular weight is 751 g/mol. The van der Waals surface area contributed by atoms with Gasteiger partial charge in [0, 0.05) is 12.2 Å². The number of rotatable bonds is 24. The first-order chi connectivity index (χ1) is 23.1. The second-order valence-electron chi connectivity index (χ2n) is 10.9. The zero-order valence-corrected chi connectivity index (χ0v) is 26.5. The zero-order valence-electron chi connectivity index (χ0n) is 26.5. The van der Waals surface area contributed by atoms with Crippen LogP contribution in [-0.4, -0.2) is 66.7 Å². The molecule has 1 aromatic heterocycles. The molecule has 1 aromatic carbocycles. The van der Waals surface area contributed by atoms with Gasteiger partial charge in [-0.05, 0) is 31.2 Å². The minimum atomic E-state index is -7.08. The second-order valence-corrected chi connectivity index (χ2v) is 10.9. The molecule has 0 saturated carbocycles. The minimum Gasteiger partial charge on any atom is -0.490 e. The lowest BCUT2D eigenvalue weighted by atomic mass is 10.0. The molecule has 286 valence electrons. The van der Waals surface area contributed by atoms with Crippen molar-refractivity contribution in [3.05, 3.63) is 42.2 Å². The van der Waals surface area contributed by atoms with Crippen LogP contribution in [0.25, 0.3) is 11.4 Å². The van der Waals surface area contributed by atoms with Crippen LogP contribution in [0.15, 0.2) is 36.7 Å². The van der Waals surface area contributed by atoms with Crippen LogP contribution >= 0.6 is 0 Å². The third-order valence-electron chi connectivity index (χ3n) is 6.59. The maximum Gasteiger partial charge on any atom is 0.527 e. The Balaban J connectivity index is 1.69. The summed E-state index contributed by atoms with van der Waals surface area (Å²) >= 11 is 0. The Morgan fingerprint density at radius 2 is 1.06 bits per heavy atom. The largest absolute Gasteiger partial charge is 0.527 e. The van der Waals surface area contributed by atoms with Crippen LogP contribution in [-0.2, 0) is 25.4 Å². The molecule has 2 rings (SSSR count). The van der Waals surface area contributed by atoms with Crippen LogP contribution in [0.4, 0.5) is 57.1 Å². The molecule has 0 aliphatic heterocycles. The van der Waals surface area contributed by atoms with E-state index in [9.17, 15) is 57.1 Å². The number of benzene rings is 1. The smallest absolute Gasteiger partial charge is 0.490 e. The maximum atomic E-state index is 13.7. The fraction of sp³-hybridized carbons (Fsp3) is 0.667. The van der Waals surface area contributed by atoms with Gasteiger partial charge in [0.25, 0.3) is 0 Å². The third-order valence-corrected chi connectivity index (χ3v) is 6.59. The van der Waals surface area contributed by atoms with Gasteiger partial charge in [-0.25, -0.2) is 24.2 Å². The Morgan fingerprint density at radius 3 is 1.62 bits per heavy atom. The van der Waals surface area contributed by atoms with E-state index >= 15 is 0 Å². The summed E-state index contributed by atoms with van der Waals surface area (Å²) in [6, 6.07) is 7.42. The molecule has 0 radical (unpaired) electrons. The number of alkyl halides is 13. The van der Waals surface area contributed by atoms with E-state index in [-0.39, 0.29) is 6.42 Å². The third kappa shape index (κ3) is 14.7. The molecule has 0 spiro atoms. The summed E-state index contributed by atoms with van der Waals surface area (Å²) in [6.45, 7) is 0.121. The number of unbranched alkanes of at least 4 members (excludes halogenated alkanes) is 7. The van der Waals surface area contributed by atoms with Crippen molar-refractivity contribution in [2.45, 2.75) is 108 Å². The molecular weight excluding hydrogens is 715 g/mol. The number of aromatic nitrogens is 2. The molecule has 2 aromatic rings. The molecule has 0 atom stereocenters. The number of nitrogens with zero attached hydrogens (tertiary/aromatic N) is 2. The van der Waals surface area contributed by atoms with Crippen molar-refractivity contribution in [3.63, 3.8) is 0 Å². The highest BCUT2D eigenvalue weighted by Crippen LogP contribution is 2.48. The second kappa shape index (κ2) is 18.5. The molecule has 50 heavy (non-hydrogen) atoms. The van der Waals surface area contributed by atoms with Crippen molar-refractivity contribution in [1.29, 1.82) is 0 Å². The van der Waals surface area contributed by atoms with Crippen molar-refractivity contribution in [1.82, 2.24) is 9.97 Å². The predicted molar refractivity (Wildman–Crippen MR) is 149 cm³/mol. The van der Waals surface area contributed by atoms with Crippen molar-refractivity contribution in [2.24, 2.45) is 0 Å². The summed E-state index contributed by atoms with van der Waals surface area (Å²) in [7, 11) is 0. The van der Waals surface area contributed by atoms with E-state index in [1.165, 1.54) is 12.8 Å². The number of aryl methyl sites for hydroxylation is 1. The minimum absolute atomic E-state index is 0.0983. The monoisotopic (exact) mass is 750 g/mol. The van der Waals surface area contributed by atoms with Gasteiger partial charge in [0.1, 0.15) is 6.61 Å². The summed E-state index contributed by atoms with van der Waals surface area (Å²) in [4.78, 5) is 8.65. The Morgan fingerprint density at radius 1 is 0.560 bits per heavy atom. The highest BCUT2D eigenvalue weighted by Gasteiger charge is 2.74. The molecular formula is C30H35F13N2O5. The molecule has 0 unspecified atom stereocenters. The molecule has 20 heteroatoms. The number of halogens is 13. The lowest BCUT2D eigenvalue weighted by Gasteiger charge is -2.33. The fourth-order valence-corrected chi connectivity index (χ4v) is 4.09. The van der Waals surface area contributed by atoms with Gasteiger partial charge >= 0.3 is 36.9 Å². The molecule has 0 bridgehead atoms. The number of hydrogen-bond acceptors (Lipinski definition) is 7. The number of ether oxygens (including phenoxy) is 5. The quantitative estimate of drug-likeness (QED) is 0.0782. The highest BCUT2D eigenvalue weighted by atomic mass is 19.4. The van der Waals surface area contributed by atoms with E-state index in [1.807, 2.05) is 29.0 Å². The molecule has 1 heterocycles. The standard InChI is InChI=1S/C30H35F13N2O5/c1-2-3-4-6-10-17-47-23-18-44-24(45-19-23)22-14-12-21(13-15-22)11-8-5-7-9-16-46-20-25(31,32)48-26(33,34)27(35,36)49-28(37,38)29(39,40)50-30(41,42)43/h12-15,18-19H,2-11,16-17,20H2,1H3. The fourth-order valence-electron chi connectivity index (χ4n) is 4.09. The Labute approximate surface area is 278 Å². The zero-order chi connectivity index (χ0) is 37.7. The van der Waals surface area contributed by atoms with Crippen LogP contribution in [0.1, 0.15) is 70.3 Å². The molecule has 7 nitrogen and oxygen atoms in total. The van der Waals surface area contributed by atoms with Crippen LogP contribution in [0.3, 0.4) is 0 Å². The first kappa shape index (κ1) is 43.2. The van der Waals surface area contributed by atoms with Gasteiger partial charge in [0.05, 0.1) is 19.0 Å². The lowest BCUT2D eigenvalue weighted by Crippen LogP contribution is -2.57. The van der Waals surface area contributed by atoms with E-state index in [2.05, 4.69) is 26.4 Å². The number of hydrogen-bond donors (Lipinski definition) is 0. The summed E-state index contributed by atoms with van der Waals surface area (Å²) < 4.78 is 185. The summed E-state index contributed by atoms with van der Waals surface area (Å²) in [5.41, 5.74) is 1.75. The van der Waals surface area contributed by atoms with E-state index < -0.39 is 50.1 Å². The normalized spacial score (nSPS) is 13.6. The topological polar surface area (TPSA) is 71.9 Å². The van der Waals surface area contributed by atoms with Crippen LogP contribution in [0.2, 0.25) is 0 Å². The molecule has 0 aliphatic carbocycles. The van der Waals surface area contributed by atoms with E-state index in [1.54, 1.807) is 17.1 Å².